The van der Waals surface area contributed by atoms with Crippen LogP contribution in [0.15, 0.2) is 76.0 Å². The fraction of sp³-hybridized carbons (Fsp3) is 0.136. The second-order valence-electron chi connectivity index (χ2n) is 6.21. The molecule has 1 amide bonds. The summed E-state index contributed by atoms with van der Waals surface area (Å²) in [6.45, 7) is 1.89. The first-order valence-electron chi connectivity index (χ1n) is 8.67. The lowest BCUT2D eigenvalue weighted by Crippen LogP contribution is -2.22. The highest BCUT2D eigenvalue weighted by Crippen LogP contribution is 2.36. The molecule has 0 aliphatic rings. The first-order valence-corrected chi connectivity index (χ1v) is 9.55. The van der Waals surface area contributed by atoms with Gasteiger partial charge in [-0.25, -0.2) is 0 Å². The summed E-state index contributed by atoms with van der Waals surface area (Å²) in [7, 11) is 1.60. The van der Waals surface area contributed by atoms with E-state index in [1.54, 1.807) is 7.11 Å². The highest BCUT2D eigenvalue weighted by molar-refractivity contribution is 8.00. The van der Waals surface area contributed by atoms with E-state index in [-0.39, 0.29) is 11.2 Å². The van der Waals surface area contributed by atoms with Crippen molar-refractivity contribution in [2.75, 3.05) is 12.4 Å². The van der Waals surface area contributed by atoms with Gasteiger partial charge in [-0.3, -0.25) is 4.79 Å². The number of rotatable bonds is 5. The minimum atomic E-state index is -0.247. The number of ether oxygens (including phenoxy) is 1. The van der Waals surface area contributed by atoms with Crippen molar-refractivity contribution in [1.82, 2.24) is 0 Å². The Morgan fingerprint density at radius 3 is 2.52 bits per heavy atom. The van der Waals surface area contributed by atoms with Crippen LogP contribution in [0.3, 0.4) is 0 Å². The van der Waals surface area contributed by atoms with E-state index < -0.39 is 0 Å². The molecule has 4 nitrogen and oxygen atoms in total. The Kier molecular flexibility index (Phi) is 4.77. The van der Waals surface area contributed by atoms with Crippen LogP contribution in [-0.2, 0) is 4.79 Å². The number of methoxy groups -OCH3 is 1. The lowest BCUT2D eigenvalue weighted by atomic mass is 10.1. The summed E-state index contributed by atoms with van der Waals surface area (Å²) in [4.78, 5) is 13.7. The predicted molar refractivity (Wildman–Crippen MR) is 111 cm³/mol. The van der Waals surface area contributed by atoms with Crippen LogP contribution in [0.5, 0.6) is 5.75 Å². The minimum Gasteiger partial charge on any atom is -0.495 e. The Labute approximate surface area is 161 Å². The third-order valence-electron chi connectivity index (χ3n) is 4.38. The Morgan fingerprint density at radius 2 is 1.74 bits per heavy atom. The lowest BCUT2D eigenvalue weighted by Gasteiger charge is -2.14. The summed E-state index contributed by atoms with van der Waals surface area (Å²) in [5.41, 5.74) is 2.14. The first-order chi connectivity index (χ1) is 13.2. The smallest absolute Gasteiger partial charge is 0.237 e. The molecule has 3 aromatic carbocycles. The van der Waals surface area contributed by atoms with E-state index in [4.69, 9.17) is 9.15 Å². The molecule has 0 saturated heterocycles. The Balaban J connectivity index is 1.62. The van der Waals surface area contributed by atoms with Crippen LogP contribution < -0.4 is 10.1 Å². The van der Waals surface area contributed by atoms with E-state index in [0.717, 1.165) is 26.8 Å². The number of fused-ring (bicyclic) bond motifs is 3. The lowest BCUT2D eigenvalue weighted by molar-refractivity contribution is -0.115. The quantitative estimate of drug-likeness (QED) is 0.452. The number of furan rings is 1. The number of carbonyl (C=O) groups excluding carboxylic acids is 1. The zero-order chi connectivity index (χ0) is 18.8. The van der Waals surface area contributed by atoms with Crippen molar-refractivity contribution < 1.29 is 13.9 Å². The molecule has 4 rings (SSSR count). The molecule has 0 bridgehead atoms. The summed E-state index contributed by atoms with van der Waals surface area (Å²) in [5, 5.41) is 4.72. The van der Waals surface area contributed by atoms with Crippen LogP contribution in [0.2, 0.25) is 0 Å². The van der Waals surface area contributed by atoms with Crippen molar-refractivity contribution in [3.8, 4) is 5.75 Å². The van der Waals surface area contributed by atoms with E-state index in [9.17, 15) is 4.79 Å². The van der Waals surface area contributed by atoms with Crippen molar-refractivity contribution in [1.29, 1.82) is 0 Å². The zero-order valence-electron chi connectivity index (χ0n) is 15.1. The van der Waals surface area contributed by atoms with Crippen LogP contribution >= 0.6 is 11.8 Å². The van der Waals surface area contributed by atoms with Gasteiger partial charge in [0, 0.05) is 21.7 Å². The average molecular weight is 377 g/mol. The fourth-order valence-electron chi connectivity index (χ4n) is 3.01. The minimum absolute atomic E-state index is 0.0855. The van der Waals surface area contributed by atoms with Gasteiger partial charge in [-0.1, -0.05) is 36.4 Å². The molecule has 0 spiro atoms. The second-order valence-corrected chi connectivity index (χ2v) is 7.62. The third-order valence-corrected chi connectivity index (χ3v) is 5.49. The van der Waals surface area contributed by atoms with Gasteiger partial charge >= 0.3 is 0 Å². The Bertz CT molecular complexity index is 1100. The molecule has 0 fully saturated rings. The monoisotopic (exact) mass is 377 g/mol. The number of anilines is 1. The second kappa shape index (κ2) is 7.37. The molecule has 1 aromatic heterocycles. The van der Waals surface area contributed by atoms with Crippen LogP contribution in [0, 0.1) is 0 Å². The van der Waals surface area contributed by atoms with Gasteiger partial charge in [0.25, 0.3) is 0 Å². The molecular weight excluding hydrogens is 358 g/mol. The van der Waals surface area contributed by atoms with Gasteiger partial charge in [-0.2, -0.15) is 0 Å². The van der Waals surface area contributed by atoms with E-state index >= 15 is 0 Å². The molecule has 0 radical (unpaired) electrons. The third kappa shape index (κ3) is 3.51. The maximum absolute atomic E-state index is 12.7. The van der Waals surface area contributed by atoms with Crippen LogP contribution in [0.25, 0.3) is 21.9 Å². The number of thioether (sulfide) groups is 1. The maximum Gasteiger partial charge on any atom is 0.237 e. The molecule has 5 heteroatoms. The van der Waals surface area contributed by atoms with Crippen molar-refractivity contribution >= 4 is 45.3 Å². The molecule has 4 aromatic rings. The molecule has 1 heterocycles. The van der Waals surface area contributed by atoms with Crippen molar-refractivity contribution in [3.05, 3.63) is 66.7 Å². The molecule has 27 heavy (non-hydrogen) atoms. The number of para-hydroxylation sites is 1. The van der Waals surface area contributed by atoms with Gasteiger partial charge in [-0.05, 0) is 31.2 Å². The summed E-state index contributed by atoms with van der Waals surface area (Å²) in [6.07, 6.45) is 0. The van der Waals surface area contributed by atoms with Gasteiger partial charge in [0.05, 0.1) is 18.0 Å². The number of amides is 1. The summed E-state index contributed by atoms with van der Waals surface area (Å²) < 4.78 is 11.4. The van der Waals surface area contributed by atoms with Gasteiger partial charge in [0.1, 0.15) is 16.9 Å². The van der Waals surface area contributed by atoms with Crippen molar-refractivity contribution in [2.24, 2.45) is 0 Å². The van der Waals surface area contributed by atoms with Gasteiger partial charge < -0.3 is 14.5 Å². The van der Waals surface area contributed by atoms with E-state index in [2.05, 4.69) is 5.32 Å². The molecule has 136 valence electrons. The average Bonchev–Trinajstić information content (AvgIpc) is 3.05. The molecule has 0 saturated carbocycles. The fourth-order valence-corrected chi connectivity index (χ4v) is 3.90. The number of hydrogen-bond donors (Lipinski definition) is 1. The SMILES string of the molecule is COc1cc2c(cc1NC(=O)C(C)Sc1ccccc1)oc1ccccc12. The van der Waals surface area contributed by atoms with Gasteiger partial charge in [0.2, 0.25) is 5.91 Å². The van der Waals surface area contributed by atoms with E-state index in [1.165, 1.54) is 11.8 Å². The van der Waals surface area contributed by atoms with Crippen LogP contribution in [0.1, 0.15) is 6.92 Å². The molecule has 0 aliphatic carbocycles. The Morgan fingerprint density at radius 1 is 1.00 bits per heavy atom. The molecule has 1 N–H and O–H groups in total. The number of carbonyl (C=O) groups is 1. The van der Waals surface area contributed by atoms with Gasteiger partial charge in [-0.15, -0.1) is 11.8 Å². The number of benzene rings is 3. The zero-order valence-corrected chi connectivity index (χ0v) is 15.9. The highest BCUT2D eigenvalue weighted by atomic mass is 32.2. The molecule has 1 unspecified atom stereocenters. The van der Waals surface area contributed by atoms with Crippen molar-refractivity contribution in [2.45, 2.75) is 17.1 Å². The van der Waals surface area contributed by atoms with E-state index in [0.29, 0.717) is 11.4 Å². The molecular formula is C22H19NO3S. The normalized spacial score (nSPS) is 12.2. The molecule has 0 aliphatic heterocycles. The summed E-state index contributed by atoms with van der Waals surface area (Å²) in [6, 6.07) is 21.5. The van der Waals surface area contributed by atoms with E-state index in [1.807, 2.05) is 73.7 Å². The number of hydrogen-bond acceptors (Lipinski definition) is 4. The predicted octanol–water partition coefficient (Wildman–Crippen LogP) is 5.71. The van der Waals surface area contributed by atoms with Crippen molar-refractivity contribution in [3.63, 3.8) is 0 Å². The number of nitrogens with one attached hydrogen (secondary N) is 1. The van der Waals surface area contributed by atoms with Crippen LogP contribution in [-0.4, -0.2) is 18.3 Å². The summed E-state index contributed by atoms with van der Waals surface area (Å²) >= 11 is 1.52. The highest BCUT2D eigenvalue weighted by Gasteiger charge is 2.18. The first kappa shape index (κ1) is 17.5. The van der Waals surface area contributed by atoms with Crippen LogP contribution in [0.4, 0.5) is 5.69 Å². The topological polar surface area (TPSA) is 51.5 Å². The maximum atomic E-state index is 12.7. The van der Waals surface area contributed by atoms with Gasteiger partial charge in [0.15, 0.2) is 0 Å². The summed E-state index contributed by atoms with van der Waals surface area (Å²) in [5.74, 6) is 0.525. The largest absolute Gasteiger partial charge is 0.495 e. The Hall–Kier alpha value is -2.92. The standard InChI is InChI=1S/C22H19NO3S/c1-14(27-15-8-4-3-5-9-15)22(24)23-18-13-20-17(12-21(18)25-2)16-10-6-7-11-19(16)26-20/h3-14H,1-2H3,(H,23,24). The molecule has 1 atom stereocenters.